The number of likely N-dealkylation sites (tertiary alicyclic amines) is 1. The van der Waals surface area contributed by atoms with Crippen LogP contribution in [-0.2, 0) is 16.1 Å². The number of nitrogens with one attached hydrogen (secondary N) is 2. The number of benzene rings is 2. The van der Waals surface area contributed by atoms with Crippen molar-refractivity contribution in [1.82, 2.24) is 15.2 Å². The van der Waals surface area contributed by atoms with Gasteiger partial charge in [-0.05, 0) is 34.8 Å². The van der Waals surface area contributed by atoms with E-state index in [4.69, 9.17) is 21.3 Å². The first-order valence-corrected chi connectivity index (χ1v) is 14.0. The second-order valence-electron chi connectivity index (χ2n) is 11.5. The van der Waals surface area contributed by atoms with Crippen LogP contribution < -0.4 is 20.3 Å². The van der Waals surface area contributed by atoms with Crippen molar-refractivity contribution >= 4 is 41.0 Å². The van der Waals surface area contributed by atoms with Crippen LogP contribution in [0.3, 0.4) is 0 Å². The van der Waals surface area contributed by atoms with Crippen LogP contribution in [0.15, 0.2) is 78.6 Å². The minimum absolute atomic E-state index is 0.0234. The highest BCUT2D eigenvalue weighted by atomic mass is 35.5. The van der Waals surface area contributed by atoms with E-state index in [9.17, 15) is 9.59 Å². The SMILES string of the molecule is C=C1C(C(=O)NCc2ccc(Cl)cc2)=Cc2c(ncc3c2OC[C@@H](c2ccccc2)N3)N1CC(=O)N1CC(C)(C)C1. The summed E-state index contributed by atoms with van der Waals surface area (Å²) in [5, 5.41) is 7.14. The van der Waals surface area contributed by atoms with Crippen LogP contribution in [0.5, 0.6) is 5.75 Å². The third kappa shape index (κ3) is 5.39. The fourth-order valence-electron chi connectivity index (χ4n) is 5.51. The number of hydrogen-bond donors (Lipinski definition) is 2. The van der Waals surface area contributed by atoms with Gasteiger partial charge >= 0.3 is 0 Å². The Labute approximate surface area is 244 Å². The molecular formula is C32H32ClN5O3. The summed E-state index contributed by atoms with van der Waals surface area (Å²) in [7, 11) is 0. The Bertz CT molecular complexity index is 1540. The summed E-state index contributed by atoms with van der Waals surface area (Å²) < 4.78 is 6.31. The molecule has 0 aliphatic carbocycles. The van der Waals surface area contributed by atoms with Crippen molar-refractivity contribution in [2.75, 3.05) is 36.5 Å². The quantitative estimate of drug-likeness (QED) is 0.425. The number of aromatic nitrogens is 1. The summed E-state index contributed by atoms with van der Waals surface area (Å²) in [4.78, 5) is 35.1. The molecule has 41 heavy (non-hydrogen) atoms. The molecule has 0 saturated carbocycles. The number of fused-ring (bicyclic) bond motifs is 3. The zero-order valence-corrected chi connectivity index (χ0v) is 23.9. The topological polar surface area (TPSA) is 86.8 Å². The molecule has 8 nitrogen and oxygen atoms in total. The molecule has 210 valence electrons. The lowest BCUT2D eigenvalue weighted by atomic mass is 9.84. The Kier molecular flexibility index (Phi) is 6.95. The van der Waals surface area contributed by atoms with Crippen LogP contribution >= 0.6 is 11.6 Å². The predicted molar refractivity (Wildman–Crippen MR) is 161 cm³/mol. The Morgan fingerprint density at radius 1 is 1.15 bits per heavy atom. The molecule has 2 aromatic carbocycles. The number of carbonyl (C=O) groups is 2. The van der Waals surface area contributed by atoms with Gasteiger partial charge in [0.1, 0.15) is 19.0 Å². The maximum atomic E-state index is 13.5. The monoisotopic (exact) mass is 569 g/mol. The van der Waals surface area contributed by atoms with Crippen LogP contribution in [0, 0.1) is 5.41 Å². The number of rotatable bonds is 6. The molecule has 3 aliphatic heterocycles. The minimum atomic E-state index is -0.304. The van der Waals surface area contributed by atoms with Crippen LogP contribution in [0.1, 0.15) is 36.6 Å². The van der Waals surface area contributed by atoms with E-state index in [0.717, 1.165) is 16.8 Å². The average molecular weight is 570 g/mol. The average Bonchev–Trinajstić information content (AvgIpc) is 2.96. The Balaban J connectivity index is 1.31. The largest absolute Gasteiger partial charge is 0.488 e. The molecule has 9 heteroatoms. The first-order valence-electron chi connectivity index (χ1n) is 13.6. The van der Waals surface area contributed by atoms with Gasteiger partial charge in [-0.2, -0.15) is 0 Å². The van der Waals surface area contributed by atoms with Crippen LogP contribution in [0.4, 0.5) is 11.5 Å². The molecule has 6 rings (SSSR count). The van der Waals surface area contributed by atoms with Crippen molar-refractivity contribution in [3.63, 3.8) is 0 Å². The first-order chi connectivity index (χ1) is 19.7. The van der Waals surface area contributed by atoms with Gasteiger partial charge in [-0.1, -0.05) is 74.5 Å². The van der Waals surface area contributed by atoms with Gasteiger partial charge in [0.2, 0.25) is 5.91 Å². The highest BCUT2D eigenvalue weighted by molar-refractivity contribution is 6.30. The molecule has 1 saturated heterocycles. The third-order valence-corrected chi connectivity index (χ3v) is 7.90. The maximum Gasteiger partial charge on any atom is 0.253 e. The number of halogens is 1. The van der Waals surface area contributed by atoms with E-state index in [1.54, 1.807) is 29.3 Å². The van der Waals surface area contributed by atoms with Crippen LogP contribution in [0.2, 0.25) is 5.02 Å². The molecule has 2 N–H and O–H groups in total. The van der Waals surface area contributed by atoms with Crippen molar-refractivity contribution in [2.45, 2.75) is 26.4 Å². The Morgan fingerprint density at radius 3 is 2.59 bits per heavy atom. The maximum absolute atomic E-state index is 13.5. The van der Waals surface area contributed by atoms with Crippen molar-refractivity contribution in [3.05, 3.63) is 100 Å². The van der Waals surface area contributed by atoms with Crippen LogP contribution in [0.25, 0.3) is 6.08 Å². The zero-order valence-electron chi connectivity index (χ0n) is 23.1. The normalized spacial score (nSPS) is 18.7. The van der Waals surface area contributed by atoms with E-state index in [2.05, 4.69) is 43.2 Å². The van der Waals surface area contributed by atoms with Gasteiger partial charge in [0.25, 0.3) is 5.91 Å². The molecule has 1 atom stereocenters. The fraction of sp³-hybridized carbons (Fsp3) is 0.281. The number of nitrogens with zero attached hydrogens (tertiary/aromatic N) is 3. The molecule has 0 spiro atoms. The molecular weight excluding hydrogens is 538 g/mol. The van der Waals surface area contributed by atoms with Gasteiger partial charge in [-0.25, -0.2) is 4.98 Å². The van der Waals surface area contributed by atoms with Gasteiger partial charge in [-0.3, -0.25) is 9.59 Å². The van der Waals surface area contributed by atoms with E-state index in [1.165, 1.54) is 0 Å². The zero-order chi connectivity index (χ0) is 28.7. The predicted octanol–water partition coefficient (Wildman–Crippen LogP) is 5.18. The number of pyridine rings is 1. The second kappa shape index (κ2) is 10.6. The Morgan fingerprint density at radius 2 is 1.88 bits per heavy atom. The summed E-state index contributed by atoms with van der Waals surface area (Å²) >= 11 is 6.01. The minimum Gasteiger partial charge on any atom is -0.488 e. The lowest BCUT2D eigenvalue weighted by Crippen LogP contribution is -2.57. The van der Waals surface area contributed by atoms with Gasteiger partial charge < -0.3 is 25.2 Å². The number of hydrogen-bond acceptors (Lipinski definition) is 6. The standard InChI is InChI=1S/C32H32ClN5O3/c1-20-24(31(40)35-14-21-9-11-23(33)12-10-21)13-25-29-26(36-27(17-41-29)22-7-5-4-6-8-22)15-34-30(25)38(20)16-28(39)37-18-32(2,3)19-37/h4-13,15,27,36H,1,14,16-19H2,2-3H3,(H,35,40)/t27-/m0/s1. The Hall–Kier alpha value is -4.30. The number of carbonyl (C=O) groups excluding carboxylic acids is 2. The van der Waals surface area contributed by atoms with Crippen molar-refractivity contribution < 1.29 is 14.3 Å². The summed E-state index contributed by atoms with van der Waals surface area (Å²) in [5.74, 6) is 0.792. The molecule has 0 unspecified atom stereocenters. The number of anilines is 2. The molecule has 0 radical (unpaired) electrons. The van der Waals surface area contributed by atoms with Gasteiger partial charge in [0.15, 0.2) is 5.75 Å². The van der Waals surface area contributed by atoms with Crippen molar-refractivity contribution in [1.29, 1.82) is 0 Å². The lowest BCUT2D eigenvalue weighted by Gasteiger charge is -2.46. The molecule has 1 fully saturated rings. The van der Waals surface area contributed by atoms with E-state index in [0.29, 0.717) is 59.7 Å². The summed E-state index contributed by atoms with van der Waals surface area (Å²) in [5.41, 5.74) is 4.25. The summed E-state index contributed by atoms with van der Waals surface area (Å²) in [6.07, 6.45) is 3.49. The summed E-state index contributed by atoms with van der Waals surface area (Å²) in [6, 6.07) is 17.3. The molecule has 4 heterocycles. The van der Waals surface area contributed by atoms with Crippen molar-refractivity contribution in [2.24, 2.45) is 5.41 Å². The highest BCUT2D eigenvalue weighted by Crippen LogP contribution is 2.45. The van der Waals surface area contributed by atoms with Gasteiger partial charge in [0.05, 0.1) is 29.1 Å². The molecule has 3 aliphatic rings. The van der Waals surface area contributed by atoms with E-state index in [1.807, 2.05) is 35.2 Å². The third-order valence-electron chi connectivity index (χ3n) is 7.65. The van der Waals surface area contributed by atoms with Crippen LogP contribution in [-0.4, -0.2) is 47.9 Å². The highest BCUT2D eigenvalue weighted by Gasteiger charge is 2.39. The van der Waals surface area contributed by atoms with E-state index < -0.39 is 0 Å². The molecule has 1 aromatic heterocycles. The van der Waals surface area contributed by atoms with E-state index >= 15 is 0 Å². The number of ether oxygens (including phenoxy) is 1. The van der Waals surface area contributed by atoms with Crippen molar-refractivity contribution in [3.8, 4) is 5.75 Å². The smallest absolute Gasteiger partial charge is 0.253 e. The first kappa shape index (κ1) is 26.9. The van der Waals surface area contributed by atoms with Gasteiger partial charge in [-0.15, -0.1) is 0 Å². The summed E-state index contributed by atoms with van der Waals surface area (Å²) in [6.45, 7) is 10.6. The number of amides is 2. The second-order valence-corrected chi connectivity index (χ2v) is 11.9. The molecule has 0 bridgehead atoms. The molecule has 3 aromatic rings. The van der Waals surface area contributed by atoms with Gasteiger partial charge in [0, 0.05) is 30.4 Å². The molecule has 2 amide bonds. The lowest BCUT2D eigenvalue weighted by molar-refractivity contribution is -0.139. The fourth-order valence-corrected chi connectivity index (χ4v) is 5.64. The van der Waals surface area contributed by atoms with E-state index in [-0.39, 0.29) is 29.8 Å².